The van der Waals surface area contributed by atoms with Gasteiger partial charge in [0.1, 0.15) is 17.9 Å². The van der Waals surface area contributed by atoms with Crippen LogP contribution in [0.3, 0.4) is 0 Å². The van der Waals surface area contributed by atoms with E-state index < -0.39 is 0 Å². The smallest absolute Gasteiger partial charge is 0.165 e. The lowest BCUT2D eigenvalue weighted by Crippen LogP contribution is -2.33. The van der Waals surface area contributed by atoms with Gasteiger partial charge in [-0.2, -0.15) is 0 Å². The number of hydrogen-bond acceptors (Lipinski definition) is 4. The second-order valence-corrected chi connectivity index (χ2v) is 10.6. The molecule has 0 aliphatic carbocycles. The molecule has 0 fully saturated rings. The number of rotatable bonds is 2. The minimum Gasteiger partial charge on any atom is -0.357 e. The Bertz CT molecular complexity index is 1760. The van der Waals surface area contributed by atoms with Gasteiger partial charge in [0.2, 0.25) is 0 Å². The highest BCUT2D eigenvalue weighted by molar-refractivity contribution is 5.93. The van der Waals surface area contributed by atoms with Crippen LogP contribution in [0.4, 0.5) is 17.2 Å². The van der Waals surface area contributed by atoms with Crippen molar-refractivity contribution in [1.82, 2.24) is 9.97 Å². The van der Waals surface area contributed by atoms with E-state index in [1.54, 1.807) is 0 Å². The van der Waals surface area contributed by atoms with Crippen molar-refractivity contribution in [3.8, 4) is 11.3 Å². The van der Waals surface area contributed by atoms with Crippen molar-refractivity contribution in [1.29, 1.82) is 0 Å². The third-order valence-corrected chi connectivity index (χ3v) is 8.10. The Kier molecular flexibility index (Phi) is 4.16. The van der Waals surface area contributed by atoms with Gasteiger partial charge >= 0.3 is 0 Å². The average Bonchev–Trinajstić information content (AvgIpc) is 3.56. The van der Waals surface area contributed by atoms with Gasteiger partial charge in [-0.3, -0.25) is 4.90 Å². The molecule has 0 spiro atoms. The summed E-state index contributed by atoms with van der Waals surface area (Å²) in [5, 5.41) is 0. The number of anilines is 3. The van der Waals surface area contributed by atoms with Crippen LogP contribution in [0.1, 0.15) is 48.3 Å². The number of nitrogens with zero attached hydrogens (tertiary/aromatic N) is 3. The van der Waals surface area contributed by atoms with Crippen LogP contribution in [-0.4, -0.2) is 9.97 Å². The van der Waals surface area contributed by atoms with Crippen molar-refractivity contribution in [2.24, 2.45) is 0 Å². The van der Waals surface area contributed by atoms with Crippen LogP contribution in [-0.2, 0) is 10.2 Å². The van der Waals surface area contributed by atoms with Crippen LogP contribution in [0.15, 0.2) is 103 Å². The van der Waals surface area contributed by atoms with Crippen LogP contribution in [0.25, 0.3) is 22.3 Å². The van der Waals surface area contributed by atoms with Gasteiger partial charge in [-0.25, -0.2) is 9.97 Å². The molecule has 2 bridgehead atoms. The lowest BCUT2D eigenvalue weighted by molar-refractivity contribution is 0.0873. The Morgan fingerprint density at radius 1 is 0.703 bits per heavy atom. The lowest BCUT2D eigenvalue weighted by atomic mass is 9.70. The van der Waals surface area contributed by atoms with Gasteiger partial charge in [-0.05, 0) is 46.5 Å². The molecule has 0 radical (unpaired) electrons. The summed E-state index contributed by atoms with van der Waals surface area (Å²) in [5.41, 5.74) is 11.0. The normalized spacial score (nSPS) is 20.1. The summed E-state index contributed by atoms with van der Waals surface area (Å²) in [6.07, 6.45) is 4.44. The minimum absolute atomic E-state index is 0.00220. The topological polar surface area (TPSA) is 38.2 Å². The first kappa shape index (κ1) is 20.9. The van der Waals surface area contributed by atoms with Crippen molar-refractivity contribution >= 4 is 28.2 Å². The van der Waals surface area contributed by atoms with Crippen molar-refractivity contribution < 1.29 is 4.74 Å². The van der Waals surface area contributed by atoms with E-state index in [4.69, 9.17) is 14.7 Å². The maximum absolute atomic E-state index is 6.32. The standard InChI is InChI=1S/C33H25N3O/c1-33(2)22-12-6-9-15-25(22)36(26-17-16-21-27-18-19-28(37-27)29(21)30(26)33)32-31(20-10-4-3-5-11-20)34-23-13-7-8-14-24(23)35-32/h3-19,27-28H,1-2H3. The zero-order chi connectivity index (χ0) is 24.7. The van der Waals surface area contributed by atoms with Gasteiger partial charge in [-0.15, -0.1) is 0 Å². The Hall–Kier alpha value is -4.28. The SMILES string of the molecule is CC1(C)c2ccccc2N(c2nc3ccccc3nc2-c2ccccc2)c2ccc3c(c21)C1C=CC3O1. The molecule has 4 aromatic carbocycles. The molecule has 178 valence electrons. The third-order valence-electron chi connectivity index (χ3n) is 8.10. The maximum atomic E-state index is 6.32. The molecule has 3 aliphatic rings. The molecule has 1 aromatic heterocycles. The molecule has 2 atom stereocenters. The average molecular weight is 480 g/mol. The molecule has 4 heterocycles. The van der Waals surface area contributed by atoms with Gasteiger partial charge < -0.3 is 4.74 Å². The molecule has 5 aromatic rings. The first-order valence-corrected chi connectivity index (χ1v) is 12.8. The molecule has 0 saturated carbocycles. The molecule has 8 rings (SSSR count). The highest BCUT2D eigenvalue weighted by Crippen LogP contribution is 2.59. The van der Waals surface area contributed by atoms with Crippen LogP contribution in [0, 0.1) is 0 Å². The molecule has 0 amide bonds. The van der Waals surface area contributed by atoms with E-state index in [9.17, 15) is 0 Å². The van der Waals surface area contributed by atoms with Crippen molar-refractivity contribution in [2.45, 2.75) is 31.5 Å². The molecular formula is C33H25N3O. The quantitative estimate of drug-likeness (QED) is 0.240. The maximum Gasteiger partial charge on any atom is 0.165 e. The Morgan fingerprint density at radius 2 is 1.41 bits per heavy atom. The first-order valence-electron chi connectivity index (χ1n) is 12.8. The zero-order valence-electron chi connectivity index (χ0n) is 20.7. The number of benzene rings is 4. The fourth-order valence-electron chi connectivity index (χ4n) is 6.44. The van der Waals surface area contributed by atoms with Crippen LogP contribution in [0.5, 0.6) is 0 Å². The highest BCUT2D eigenvalue weighted by Gasteiger charge is 2.45. The molecule has 4 heteroatoms. The molecule has 4 nitrogen and oxygen atoms in total. The van der Waals surface area contributed by atoms with Gasteiger partial charge in [0.25, 0.3) is 0 Å². The monoisotopic (exact) mass is 479 g/mol. The number of hydrogen-bond donors (Lipinski definition) is 0. The predicted octanol–water partition coefficient (Wildman–Crippen LogP) is 8.09. The summed E-state index contributed by atoms with van der Waals surface area (Å²) < 4.78 is 6.32. The van der Waals surface area contributed by atoms with Gasteiger partial charge in [0.15, 0.2) is 5.82 Å². The van der Waals surface area contributed by atoms with E-state index in [0.29, 0.717) is 0 Å². The fourth-order valence-corrected chi connectivity index (χ4v) is 6.44. The van der Waals surface area contributed by atoms with Gasteiger partial charge in [0, 0.05) is 11.0 Å². The third kappa shape index (κ3) is 2.82. The highest BCUT2D eigenvalue weighted by atomic mass is 16.5. The van der Waals surface area contributed by atoms with Crippen molar-refractivity contribution in [3.05, 3.63) is 125 Å². The van der Waals surface area contributed by atoms with E-state index in [2.05, 4.69) is 91.6 Å². The number of aromatic nitrogens is 2. The van der Waals surface area contributed by atoms with Crippen LogP contribution in [0.2, 0.25) is 0 Å². The van der Waals surface area contributed by atoms with Crippen molar-refractivity contribution in [3.63, 3.8) is 0 Å². The molecule has 37 heavy (non-hydrogen) atoms. The number of para-hydroxylation sites is 3. The zero-order valence-corrected chi connectivity index (χ0v) is 20.7. The molecule has 2 unspecified atom stereocenters. The van der Waals surface area contributed by atoms with E-state index in [0.717, 1.165) is 39.5 Å². The largest absolute Gasteiger partial charge is 0.357 e. The van der Waals surface area contributed by atoms with E-state index in [-0.39, 0.29) is 17.6 Å². The second kappa shape index (κ2) is 7.37. The van der Waals surface area contributed by atoms with Gasteiger partial charge in [0.05, 0.1) is 22.4 Å². The minimum atomic E-state index is -0.202. The summed E-state index contributed by atoms with van der Waals surface area (Å²) in [7, 11) is 0. The Labute approximate surface area is 215 Å². The van der Waals surface area contributed by atoms with Crippen molar-refractivity contribution in [2.75, 3.05) is 4.90 Å². The summed E-state index contributed by atoms with van der Waals surface area (Å²) in [5.74, 6) is 0.841. The fraction of sp³-hybridized carbons (Fsp3) is 0.152. The van der Waals surface area contributed by atoms with Crippen LogP contribution >= 0.6 is 0 Å². The number of ether oxygens (including phenoxy) is 1. The molecule has 3 aliphatic heterocycles. The molecule has 0 saturated heterocycles. The predicted molar refractivity (Wildman–Crippen MR) is 147 cm³/mol. The lowest BCUT2D eigenvalue weighted by Gasteiger charge is -2.43. The summed E-state index contributed by atoms with van der Waals surface area (Å²) in [4.78, 5) is 12.8. The Morgan fingerprint density at radius 3 is 2.24 bits per heavy atom. The second-order valence-electron chi connectivity index (χ2n) is 10.6. The van der Waals surface area contributed by atoms with E-state index in [1.165, 1.54) is 22.3 Å². The number of fused-ring (bicyclic) bond motifs is 9. The molecule has 0 N–H and O–H groups in total. The first-order chi connectivity index (χ1) is 18.1. The van der Waals surface area contributed by atoms with E-state index >= 15 is 0 Å². The summed E-state index contributed by atoms with van der Waals surface area (Å²) >= 11 is 0. The summed E-state index contributed by atoms with van der Waals surface area (Å²) in [6.45, 7) is 4.67. The Balaban J connectivity index is 1.48. The van der Waals surface area contributed by atoms with E-state index in [1.807, 2.05) is 30.3 Å². The van der Waals surface area contributed by atoms with Crippen LogP contribution < -0.4 is 4.90 Å². The molecular weight excluding hydrogens is 454 g/mol. The summed E-state index contributed by atoms with van der Waals surface area (Å²) in [6, 6.07) is 31.7. The van der Waals surface area contributed by atoms with Gasteiger partial charge in [-0.1, -0.05) is 92.7 Å².